The summed E-state index contributed by atoms with van der Waals surface area (Å²) in [7, 11) is 0. The summed E-state index contributed by atoms with van der Waals surface area (Å²) in [4.78, 5) is 12.4. The Morgan fingerprint density at radius 2 is 2.00 bits per heavy atom. The summed E-state index contributed by atoms with van der Waals surface area (Å²) in [6, 6.07) is 3.67. The lowest BCUT2D eigenvalue weighted by atomic mass is 9.90. The molecule has 0 N–H and O–H groups in total. The Hall–Kier alpha value is -1.29. The number of ketones is 1. The van der Waals surface area contributed by atoms with Crippen LogP contribution in [-0.2, 0) is 4.74 Å². The fourth-order valence-corrected chi connectivity index (χ4v) is 2.58. The monoisotopic (exact) mass is 254 g/mol. The van der Waals surface area contributed by atoms with E-state index in [1.54, 1.807) is 6.92 Å². The molecular formula is C14H16F2O2. The minimum absolute atomic E-state index is 0.203. The summed E-state index contributed by atoms with van der Waals surface area (Å²) >= 11 is 0. The van der Waals surface area contributed by atoms with E-state index in [-0.39, 0.29) is 5.56 Å². The van der Waals surface area contributed by atoms with Crippen molar-refractivity contribution in [2.24, 2.45) is 0 Å². The van der Waals surface area contributed by atoms with Crippen LogP contribution in [0.15, 0.2) is 18.2 Å². The minimum Gasteiger partial charge on any atom is -0.367 e. The normalized spacial score (nSPS) is 17.9. The van der Waals surface area contributed by atoms with Crippen LogP contribution in [0, 0.1) is 11.6 Å². The van der Waals surface area contributed by atoms with Crippen LogP contribution in [-0.4, -0.2) is 18.0 Å². The molecule has 18 heavy (non-hydrogen) atoms. The second kappa shape index (κ2) is 5.14. The molecule has 0 unspecified atom stereocenters. The molecule has 0 bridgehead atoms. The zero-order chi connectivity index (χ0) is 13.2. The van der Waals surface area contributed by atoms with Crippen molar-refractivity contribution in [3.63, 3.8) is 0 Å². The van der Waals surface area contributed by atoms with Crippen LogP contribution in [0.2, 0.25) is 0 Å². The van der Waals surface area contributed by atoms with Gasteiger partial charge in [-0.1, -0.05) is 6.07 Å². The Bertz CT molecular complexity index is 451. The SMILES string of the molecule is CCOC1(C(=O)c2cccc(F)c2F)CCCC1. The van der Waals surface area contributed by atoms with Crippen LogP contribution in [0.5, 0.6) is 0 Å². The quantitative estimate of drug-likeness (QED) is 0.769. The van der Waals surface area contributed by atoms with E-state index in [1.807, 2.05) is 0 Å². The topological polar surface area (TPSA) is 26.3 Å². The highest BCUT2D eigenvalue weighted by molar-refractivity contribution is 6.03. The Kier molecular flexibility index (Phi) is 3.76. The molecule has 98 valence electrons. The highest BCUT2D eigenvalue weighted by Crippen LogP contribution is 2.36. The summed E-state index contributed by atoms with van der Waals surface area (Å²) in [6.07, 6.45) is 2.91. The Morgan fingerprint density at radius 3 is 2.61 bits per heavy atom. The van der Waals surface area contributed by atoms with E-state index in [0.29, 0.717) is 19.4 Å². The number of halogens is 2. The first-order valence-corrected chi connectivity index (χ1v) is 6.23. The second-order valence-electron chi connectivity index (χ2n) is 4.56. The summed E-state index contributed by atoms with van der Waals surface area (Å²) < 4.78 is 32.4. The van der Waals surface area contributed by atoms with Crippen molar-refractivity contribution in [1.29, 1.82) is 0 Å². The molecule has 2 nitrogen and oxygen atoms in total. The average Bonchev–Trinajstić information content (AvgIpc) is 2.82. The first-order valence-electron chi connectivity index (χ1n) is 6.23. The van der Waals surface area contributed by atoms with Crippen molar-refractivity contribution in [1.82, 2.24) is 0 Å². The molecule has 0 atom stereocenters. The number of hydrogen-bond donors (Lipinski definition) is 0. The van der Waals surface area contributed by atoms with Gasteiger partial charge in [0.25, 0.3) is 0 Å². The third kappa shape index (κ3) is 2.17. The maximum absolute atomic E-state index is 13.7. The molecule has 0 aromatic heterocycles. The standard InChI is InChI=1S/C14H16F2O2/c1-2-18-14(8-3-4-9-14)13(17)10-6-5-7-11(15)12(10)16/h5-7H,2-4,8-9H2,1H3. The van der Waals surface area contributed by atoms with Gasteiger partial charge in [-0.25, -0.2) is 8.78 Å². The highest BCUT2D eigenvalue weighted by Gasteiger charge is 2.43. The minimum atomic E-state index is -1.08. The smallest absolute Gasteiger partial charge is 0.197 e. The summed E-state index contributed by atoms with van der Waals surface area (Å²) in [6.45, 7) is 2.19. The third-order valence-electron chi connectivity index (χ3n) is 3.44. The van der Waals surface area contributed by atoms with E-state index in [9.17, 15) is 13.6 Å². The maximum Gasteiger partial charge on any atom is 0.197 e. The predicted octanol–water partition coefficient (Wildman–Crippen LogP) is 3.50. The van der Waals surface area contributed by atoms with Crippen molar-refractivity contribution in [3.05, 3.63) is 35.4 Å². The van der Waals surface area contributed by atoms with Crippen molar-refractivity contribution in [2.75, 3.05) is 6.61 Å². The molecule has 0 amide bonds. The van der Waals surface area contributed by atoms with Gasteiger partial charge in [-0.15, -0.1) is 0 Å². The molecule has 0 aliphatic heterocycles. The number of Topliss-reactive ketones (excluding diaryl/α,β-unsaturated/α-hetero) is 1. The van der Waals surface area contributed by atoms with Crippen molar-refractivity contribution in [3.8, 4) is 0 Å². The van der Waals surface area contributed by atoms with E-state index in [2.05, 4.69) is 0 Å². The van der Waals surface area contributed by atoms with Crippen LogP contribution in [0.4, 0.5) is 8.78 Å². The van der Waals surface area contributed by atoms with E-state index in [4.69, 9.17) is 4.74 Å². The van der Waals surface area contributed by atoms with Crippen molar-refractivity contribution < 1.29 is 18.3 Å². The number of ether oxygens (including phenoxy) is 1. The van der Waals surface area contributed by atoms with Gasteiger partial charge in [-0.2, -0.15) is 0 Å². The molecule has 1 aromatic carbocycles. The van der Waals surface area contributed by atoms with Gasteiger partial charge in [0.15, 0.2) is 17.4 Å². The summed E-state index contributed by atoms with van der Waals surface area (Å²) in [5.41, 5.74) is -1.16. The van der Waals surface area contributed by atoms with Crippen LogP contribution >= 0.6 is 0 Å². The molecule has 1 aliphatic rings. The van der Waals surface area contributed by atoms with Gasteiger partial charge in [0, 0.05) is 6.61 Å². The van der Waals surface area contributed by atoms with Crippen LogP contribution < -0.4 is 0 Å². The molecule has 0 spiro atoms. The lowest BCUT2D eigenvalue weighted by molar-refractivity contribution is -0.0166. The fourth-order valence-electron chi connectivity index (χ4n) is 2.58. The molecule has 1 aliphatic carbocycles. The van der Waals surface area contributed by atoms with E-state index >= 15 is 0 Å². The van der Waals surface area contributed by atoms with Gasteiger partial charge in [-0.3, -0.25) is 4.79 Å². The van der Waals surface area contributed by atoms with Gasteiger partial charge in [0.1, 0.15) is 5.60 Å². The zero-order valence-corrected chi connectivity index (χ0v) is 10.3. The summed E-state index contributed by atoms with van der Waals surface area (Å²) in [5, 5.41) is 0. The molecule has 4 heteroatoms. The first kappa shape index (κ1) is 13.1. The number of hydrogen-bond acceptors (Lipinski definition) is 2. The highest BCUT2D eigenvalue weighted by atomic mass is 19.2. The van der Waals surface area contributed by atoms with E-state index < -0.39 is 23.0 Å². The average molecular weight is 254 g/mol. The Morgan fingerprint density at radius 1 is 1.33 bits per heavy atom. The molecule has 1 aromatic rings. The van der Waals surface area contributed by atoms with Crippen molar-refractivity contribution in [2.45, 2.75) is 38.2 Å². The molecular weight excluding hydrogens is 238 g/mol. The molecule has 2 rings (SSSR count). The van der Waals surface area contributed by atoms with Gasteiger partial charge in [0.05, 0.1) is 5.56 Å². The molecule has 0 saturated heterocycles. The van der Waals surface area contributed by atoms with E-state index in [0.717, 1.165) is 18.9 Å². The number of rotatable bonds is 4. The number of carbonyl (C=O) groups excluding carboxylic acids is 1. The van der Waals surface area contributed by atoms with Gasteiger partial charge in [-0.05, 0) is 44.7 Å². The molecule has 1 saturated carbocycles. The zero-order valence-electron chi connectivity index (χ0n) is 10.3. The van der Waals surface area contributed by atoms with Crippen molar-refractivity contribution >= 4 is 5.78 Å². The third-order valence-corrected chi connectivity index (χ3v) is 3.44. The van der Waals surface area contributed by atoms with Gasteiger partial charge in [0.2, 0.25) is 0 Å². The Balaban J connectivity index is 2.37. The van der Waals surface area contributed by atoms with Gasteiger partial charge < -0.3 is 4.74 Å². The molecule has 0 heterocycles. The van der Waals surface area contributed by atoms with Gasteiger partial charge >= 0.3 is 0 Å². The lowest BCUT2D eigenvalue weighted by Gasteiger charge is -2.27. The predicted molar refractivity (Wildman–Crippen MR) is 63.5 cm³/mol. The largest absolute Gasteiger partial charge is 0.367 e. The lowest BCUT2D eigenvalue weighted by Crippen LogP contribution is -2.39. The molecule has 1 fully saturated rings. The number of carbonyl (C=O) groups is 1. The van der Waals surface area contributed by atoms with E-state index in [1.165, 1.54) is 12.1 Å². The summed E-state index contributed by atoms with van der Waals surface area (Å²) in [5.74, 6) is -2.50. The van der Waals surface area contributed by atoms with Crippen LogP contribution in [0.3, 0.4) is 0 Å². The maximum atomic E-state index is 13.7. The fraction of sp³-hybridized carbons (Fsp3) is 0.500. The van der Waals surface area contributed by atoms with Crippen LogP contribution in [0.25, 0.3) is 0 Å². The number of benzene rings is 1. The Labute approximate surface area is 105 Å². The molecule has 0 radical (unpaired) electrons. The second-order valence-corrected chi connectivity index (χ2v) is 4.56. The van der Waals surface area contributed by atoms with Crippen LogP contribution in [0.1, 0.15) is 43.0 Å². The first-order chi connectivity index (χ1) is 8.60.